The minimum absolute atomic E-state index is 0.100. The van der Waals surface area contributed by atoms with Crippen molar-refractivity contribution in [2.45, 2.75) is 31.6 Å². The number of nitrogens with one attached hydrogen (secondary N) is 2. The van der Waals surface area contributed by atoms with Crippen molar-refractivity contribution in [1.29, 1.82) is 0 Å². The summed E-state index contributed by atoms with van der Waals surface area (Å²) in [7, 11) is 1.61. The van der Waals surface area contributed by atoms with Crippen LogP contribution in [0.3, 0.4) is 0 Å². The van der Waals surface area contributed by atoms with Crippen LogP contribution in [0.4, 0.5) is 0 Å². The number of rotatable bonds is 6. The van der Waals surface area contributed by atoms with Gasteiger partial charge in [-0.15, -0.1) is 0 Å². The third kappa shape index (κ3) is 4.61. The average Bonchev–Trinajstić information content (AvgIpc) is 2.92. The number of methoxy groups -OCH3 is 1. The second kappa shape index (κ2) is 7.28. The lowest BCUT2D eigenvalue weighted by Crippen LogP contribution is -2.43. The summed E-state index contributed by atoms with van der Waals surface area (Å²) in [6.07, 6.45) is -0.123. The van der Waals surface area contributed by atoms with Gasteiger partial charge in [0.25, 0.3) is 0 Å². The van der Waals surface area contributed by atoms with Gasteiger partial charge in [-0.05, 0) is 37.6 Å². The highest BCUT2D eigenvalue weighted by Crippen LogP contribution is 2.18. The van der Waals surface area contributed by atoms with E-state index in [4.69, 9.17) is 9.47 Å². The van der Waals surface area contributed by atoms with Gasteiger partial charge in [0, 0.05) is 6.54 Å². The highest BCUT2D eigenvalue weighted by Gasteiger charge is 2.27. The number of carbonyl (C=O) groups excluding carboxylic acids is 1. The van der Waals surface area contributed by atoms with Crippen LogP contribution in [0.1, 0.15) is 13.3 Å². The monoisotopic (exact) mass is 294 g/mol. The Hall–Kier alpha value is -1.79. The van der Waals surface area contributed by atoms with Gasteiger partial charge in [0.1, 0.15) is 17.6 Å². The smallest absolute Gasteiger partial charge is 0.237 e. The normalized spacial score (nSPS) is 22.6. The Morgan fingerprint density at radius 2 is 2.10 bits per heavy atom. The molecule has 1 saturated heterocycles. The van der Waals surface area contributed by atoms with E-state index in [0.29, 0.717) is 19.5 Å². The number of amides is 1. The Morgan fingerprint density at radius 3 is 2.67 bits per heavy atom. The quantitative estimate of drug-likeness (QED) is 0.703. The number of hydrogen-bond donors (Lipinski definition) is 3. The van der Waals surface area contributed by atoms with E-state index in [1.54, 1.807) is 7.11 Å². The standard InChI is InChI=1S/C15H22N2O4/c1-10(21-13-5-3-12(20-2)4-6-13)8-17-15(19)14-7-11(18)9-16-14/h3-6,10-11,14,16,18H,7-9H2,1-2H3,(H,17,19). The first-order valence-electron chi connectivity index (χ1n) is 7.08. The van der Waals surface area contributed by atoms with Crippen LogP contribution >= 0.6 is 0 Å². The number of aliphatic hydroxyl groups excluding tert-OH is 1. The lowest BCUT2D eigenvalue weighted by Gasteiger charge is -2.17. The topological polar surface area (TPSA) is 79.8 Å². The zero-order valence-corrected chi connectivity index (χ0v) is 12.3. The summed E-state index contributed by atoms with van der Waals surface area (Å²) in [6.45, 7) is 2.77. The Balaban J connectivity index is 1.73. The van der Waals surface area contributed by atoms with Crippen LogP contribution in [0.5, 0.6) is 11.5 Å². The van der Waals surface area contributed by atoms with Gasteiger partial charge in [0.2, 0.25) is 5.91 Å². The first-order valence-corrected chi connectivity index (χ1v) is 7.08. The molecule has 1 aromatic rings. The van der Waals surface area contributed by atoms with Gasteiger partial charge in [-0.25, -0.2) is 0 Å². The summed E-state index contributed by atoms with van der Waals surface area (Å²) in [5, 5.41) is 15.2. The van der Waals surface area contributed by atoms with Gasteiger partial charge >= 0.3 is 0 Å². The molecule has 0 bridgehead atoms. The molecular weight excluding hydrogens is 272 g/mol. The van der Waals surface area contributed by atoms with E-state index >= 15 is 0 Å². The van der Waals surface area contributed by atoms with Gasteiger partial charge in [0.15, 0.2) is 0 Å². The summed E-state index contributed by atoms with van der Waals surface area (Å²) in [5.41, 5.74) is 0. The first kappa shape index (κ1) is 15.6. The summed E-state index contributed by atoms with van der Waals surface area (Å²) in [5.74, 6) is 1.40. The molecule has 1 aliphatic heterocycles. The molecule has 1 heterocycles. The maximum absolute atomic E-state index is 11.9. The molecule has 1 amide bonds. The fourth-order valence-corrected chi connectivity index (χ4v) is 2.21. The predicted molar refractivity (Wildman–Crippen MR) is 78.5 cm³/mol. The van der Waals surface area contributed by atoms with E-state index in [0.717, 1.165) is 11.5 Å². The van der Waals surface area contributed by atoms with Crippen LogP contribution in [0.25, 0.3) is 0 Å². The highest BCUT2D eigenvalue weighted by molar-refractivity contribution is 5.82. The molecule has 0 radical (unpaired) electrons. The van der Waals surface area contributed by atoms with E-state index in [1.165, 1.54) is 0 Å². The fraction of sp³-hybridized carbons (Fsp3) is 0.533. The number of hydrogen-bond acceptors (Lipinski definition) is 5. The van der Waals surface area contributed by atoms with Crippen LogP contribution < -0.4 is 20.1 Å². The van der Waals surface area contributed by atoms with Gasteiger partial charge < -0.3 is 25.2 Å². The maximum atomic E-state index is 11.9. The lowest BCUT2D eigenvalue weighted by atomic mass is 10.2. The third-order valence-corrected chi connectivity index (χ3v) is 3.38. The van der Waals surface area contributed by atoms with Crippen molar-refractivity contribution in [1.82, 2.24) is 10.6 Å². The lowest BCUT2D eigenvalue weighted by molar-refractivity contribution is -0.123. The molecule has 1 fully saturated rings. The third-order valence-electron chi connectivity index (χ3n) is 3.38. The largest absolute Gasteiger partial charge is 0.497 e. The number of benzene rings is 1. The van der Waals surface area contributed by atoms with E-state index in [9.17, 15) is 9.90 Å². The molecular formula is C15H22N2O4. The Kier molecular flexibility index (Phi) is 5.41. The van der Waals surface area contributed by atoms with Gasteiger partial charge in [-0.1, -0.05) is 0 Å². The van der Waals surface area contributed by atoms with E-state index in [1.807, 2.05) is 31.2 Å². The molecule has 6 heteroatoms. The van der Waals surface area contributed by atoms with Crippen molar-refractivity contribution in [3.8, 4) is 11.5 Å². The van der Waals surface area contributed by atoms with Crippen LogP contribution in [0.2, 0.25) is 0 Å². The Bertz CT molecular complexity index is 463. The van der Waals surface area contributed by atoms with Crippen LogP contribution in [-0.4, -0.2) is 49.5 Å². The Labute approximate surface area is 124 Å². The van der Waals surface area contributed by atoms with Gasteiger partial charge in [0.05, 0.1) is 25.8 Å². The van der Waals surface area contributed by atoms with Crippen LogP contribution in [0, 0.1) is 0 Å². The number of aliphatic hydroxyl groups is 1. The zero-order valence-electron chi connectivity index (χ0n) is 12.3. The fourth-order valence-electron chi connectivity index (χ4n) is 2.21. The molecule has 3 atom stereocenters. The second-order valence-corrected chi connectivity index (χ2v) is 5.20. The van der Waals surface area contributed by atoms with Crippen molar-refractivity contribution in [3.05, 3.63) is 24.3 Å². The number of carbonyl (C=O) groups is 1. The molecule has 3 N–H and O–H groups in total. The van der Waals surface area contributed by atoms with Gasteiger partial charge in [-0.3, -0.25) is 4.79 Å². The molecule has 0 aromatic heterocycles. The maximum Gasteiger partial charge on any atom is 0.237 e. The minimum Gasteiger partial charge on any atom is -0.497 e. The molecule has 1 aromatic carbocycles. The number of ether oxygens (including phenoxy) is 2. The van der Waals surface area contributed by atoms with Crippen LogP contribution in [-0.2, 0) is 4.79 Å². The van der Waals surface area contributed by atoms with E-state index in [-0.39, 0.29) is 18.1 Å². The highest BCUT2D eigenvalue weighted by atomic mass is 16.5. The van der Waals surface area contributed by atoms with Crippen molar-refractivity contribution in [3.63, 3.8) is 0 Å². The predicted octanol–water partition coefficient (Wildman–Crippen LogP) is 0.301. The van der Waals surface area contributed by atoms with Gasteiger partial charge in [-0.2, -0.15) is 0 Å². The van der Waals surface area contributed by atoms with Crippen molar-refractivity contribution >= 4 is 5.91 Å². The zero-order chi connectivity index (χ0) is 15.2. The SMILES string of the molecule is COc1ccc(OC(C)CNC(=O)C2CC(O)CN2)cc1. The average molecular weight is 294 g/mol. The summed E-state index contributed by atoms with van der Waals surface area (Å²) >= 11 is 0. The summed E-state index contributed by atoms with van der Waals surface area (Å²) in [4.78, 5) is 11.9. The van der Waals surface area contributed by atoms with Crippen molar-refractivity contribution in [2.24, 2.45) is 0 Å². The first-order chi connectivity index (χ1) is 10.1. The minimum atomic E-state index is -0.436. The van der Waals surface area contributed by atoms with Crippen LogP contribution in [0.15, 0.2) is 24.3 Å². The second-order valence-electron chi connectivity index (χ2n) is 5.20. The molecule has 0 saturated carbocycles. The summed E-state index contributed by atoms with van der Waals surface area (Å²) < 4.78 is 10.8. The van der Waals surface area contributed by atoms with E-state index < -0.39 is 6.10 Å². The van der Waals surface area contributed by atoms with E-state index in [2.05, 4.69) is 10.6 Å². The Morgan fingerprint density at radius 1 is 1.43 bits per heavy atom. The molecule has 1 aliphatic rings. The molecule has 2 rings (SSSR count). The molecule has 21 heavy (non-hydrogen) atoms. The van der Waals surface area contributed by atoms with Crippen molar-refractivity contribution < 1.29 is 19.4 Å². The molecule has 0 spiro atoms. The molecule has 3 unspecified atom stereocenters. The molecule has 6 nitrogen and oxygen atoms in total. The summed E-state index contributed by atoms with van der Waals surface area (Å²) in [6, 6.07) is 6.99. The number of β-amino-alcohol motifs (C(OH)–C–C–N with tert-alkyl or cyclic N) is 1. The molecule has 116 valence electrons. The molecule has 0 aliphatic carbocycles. The van der Waals surface area contributed by atoms with Crippen molar-refractivity contribution in [2.75, 3.05) is 20.2 Å².